The molecule has 0 aliphatic carbocycles. The van der Waals surface area contributed by atoms with Gasteiger partial charge in [0.1, 0.15) is 0 Å². The predicted octanol–water partition coefficient (Wildman–Crippen LogP) is 2.55. The van der Waals surface area contributed by atoms with Gasteiger partial charge in [0.25, 0.3) is 0 Å². The van der Waals surface area contributed by atoms with Crippen LogP contribution < -0.4 is 0 Å². The van der Waals surface area contributed by atoms with E-state index in [2.05, 4.69) is 20.8 Å². The minimum absolute atomic E-state index is 0.00320. The molecular formula is C18H27NO4S. The Bertz CT molecular complexity index is 666. The van der Waals surface area contributed by atoms with Gasteiger partial charge in [-0.15, -0.1) is 0 Å². The monoisotopic (exact) mass is 353 g/mol. The number of carboxylic acids is 1. The molecule has 1 aromatic carbocycles. The summed E-state index contributed by atoms with van der Waals surface area (Å²) in [5.74, 6) is -0.969. The second kappa shape index (κ2) is 7.23. The first kappa shape index (κ1) is 18.9. The molecule has 0 unspecified atom stereocenters. The van der Waals surface area contributed by atoms with Crippen molar-refractivity contribution in [3.05, 3.63) is 29.8 Å². The Balaban J connectivity index is 1.93. The lowest BCUT2D eigenvalue weighted by molar-refractivity contribution is -0.143. The van der Waals surface area contributed by atoms with Gasteiger partial charge in [-0.05, 0) is 49.0 Å². The molecule has 0 bridgehead atoms. The minimum Gasteiger partial charge on any atom is -0.481 e. The summed E-state index contributed by atoms with van der Waals surface area (Å²) in [6.07, 6.45) is 1.19. The van der Waals surface area contributed by atoms with Crippen LogP contribution >= 0.6 is 0 Å². The summed E-state index contributed by atoms with van der Waals surface area (Å²) in [6, 6.07) is 7.13. The summed E-state index contributed by atoms with van der Waals surface area (Å²) in [7, 11) is -3.31. The van der Waals surface area contributed by atoms with Crippen LogP contribution in [0.1, 0.15) is 39.2 Å². The summed E-state index contributed by atoms with van der Waals surface area (Å²) < 4.78 is 25.0. The Kier molecular flexibility index (Phi) is 5.71. The summed E-state index contributed by atoms with van der Waals surface area (Å²) in [5.41, 5.74) is 1.11. The molecule has 0 radical (unpaired) electrons. The lowest BCUT2D eigenvalue weighted by Crippen LogP contribution is -2.38. The fourth-order valence-corrected chi connectivity index (χ4v) is 4.22. The van der Waals surface area contributed by atoms with Crippen molar-refractivity contribution in [1.29, 1.82) is 0 Å². The van der Waals surface area contributed by atoms with Crippen LogP contribution in [-0.2, 0) is 20.0 Å². The zero-order chi connectivity index (χ0) is 18.0. The molecule has 0 atom stereocenters. The van der Waals surface area contributed by atoms with Gasteiger partial charge in [-0.25, -0.2) is 8.42 Å². The molecule has 1 fully saturated rings. The maximum Gasteiger partial charge on any atom is 0.306 e. The molecule has 0 spiro atoms. The van der Waals surface area contributed by atoms with Crippen molar-refractivity contribution < 1.29 is 18.3 Å². The minimum atomic E-state index is -3.31. The lowest BCUT2D eigenvalue weighted by Gasteiger charge is -2.29. The first-order chi connectivity index (χ1) is 11.1. The standard InChI is InChI=1S/C18H27NO4S/c1-18(2,3)15-4-6-16(7-5-15)24(22,23)13-12-19-10-8-14(9-11-19)17(20)21/h4-7,14H,8-13H2,1-3H3,(H,20,21). The third-order valence-electron chi connectivity index (χ3n) is 4.69. The number of nitrogens with zero attached hydrogens (tertiary/aromatic N) is 1. The zero-order valence-electron chi connectivity index (χ0n) is 14.7. The molecule has 5 nitrogen and oxygen atoms in total. The molecule has 6 heteroatoms. The molecular weight excluding hydrogens is 326 g/mol. The molecule has 1 aliphatic heterocycles. The van der Waals surface area contributed by atoms with Crippen LogP contribution in [0.15, 0.2) is 29.2 Å². The van der Waals surface area contributed by atoms with Crippen molar-refractivity contribution in [3.63, 3.8) is 0 Å². The van der Waals surface area contributed by atoms with Crippen LogP contribution in [0.5, 0.6) is 0 Å². The summed E-state index contributed by atoms with van der Waals surface area (Å²) >= 11 is 0. The number of aliphatic carboxylic acids is 1. The molecule has 2 rings (SSSR count). The van der Waals surface area contributed by atoms with E-state index in [1.54, 1.807) is 12.1 Å². The molecule has 24 heavy (non-hydrogen) atoms. The van der Waals surface area contributed by atoms with Crippen molar-refractivity contribution in [2.45, 2.75) is 43.9 Å². The van der Waals surface area contributed by atoms with E-state index in [0.717, 1.165) is 5.56 Å². The Hall–Kier alpha value is -1.40. The van der Waals surface area contributed by atoms with Crippen molar-refractivity contribution in [3.8, 4) is 0 Å². The van der Waals surface area contributed by atoms with Crippen LogP contribution in [0.4, 0.5) is 0 Å². The van der Waals surface area contributed by atoms with Crippen molar-refractivity contribution in [2.24, 2.45) is 5.92 Å². The Labute approximate surface area is 144 Å². The largest absolute Gasteiger partial charge is 0.481 e. The van der Waals surface area contributed by atoms with E-state index in [1.165, 1.54) is 0 Å². The molecule has 1 aliphatic rings. The van der Waals surface area contributed by atoms with Crippen molar-refractivity contribution in [1.82, 2.24) is 4.90 Å². The number of piperidine rings is 1. The molecule has 134 valence electrons. The van der Waals surface area contributed by atoms with Gasteiger partial charge >= 0.3 is 5.97 Å². The Morgan fingerprint density at radius 1 is 1.17 bits per heavy atom. The molecule has 0 aromatic heterocycles. The SMILES string of the molecule is CC(C)(C)c1ccc(S(=O)(=O)CCN2CCC(C(=O)O)CC2)cc1. The third-order valence-corrected chi connectivity index (χ3v) is 6.40. The molecule has 1 aromatic rings. The van der Waals surface area contributed by atoms with E-state index in [9.17, 15) is 13.2 Å². The zero-order valence-corrected chi connectivity index (χ0v) is 15.5. The van der Waals surface area contributed by atoms with E-state index >= 15 is 0 Å². The average Bonchev–Trinajstić information content (AvgIpc) is 2.53. The van der Waals surface area contributed by atoms with Gasteiger partial charge in [0.05, 0.1) is 16.6 Å². The van der Waals surface area contributed by atoms with Crippen molar-refractivity contribution >= 4 is 15.8 Å². The maximum atomic E-state index is 12.5. The van der Waals surface area contributed by atoms with Gasteiger partial charge in [0.2, 0.25) is 0 Å². The second-order valence-corrected chi connectivity index (χ2v) is 9.66. The Morgan fingerprint density at radius 3 is 2.17 bits per heavy atom. The highest BCUT2D eigenvalue weighted by molar-refractivity contribution is 7.91. The number of benzene rings is 1. The van der Waals surface area contributed by atoms with Gasteiger partial charge in [0.15, 0.2) is 9.84 Å². The van der Waals surface area contributed by atoms with E-state index in [0.29, 0.717) is 37.4 Å². The first-order valence-electron chi connectivity index (χ1n) is 8.38. The summed E-state index contributed by atoms with van der Waals surface area (Å²) in [6.45, 7) is 8.03. The highest BCUT2D eigenvalue weighted by atomic mass is 32.2. The van der Waals surface area contributed by atoms with Gasteiger partial charge < -0.3 is 10.0 Å². The van der Waals surface area contributed by atoms with E-state index < -0.39 is 15.8 Å². The van der Waals surface area contributed by atoms with Crippen molar-refractivity contribution in [2.75, 3.05) is 25.4 Å². The lowest BCUT2D eigenvalue weighted by atomic mass is 9.87. The second-order valence-electron chi connectivity index (χ2n) is 7.55. The van der Waals surface area contributed by atoms with Gasteiger partial charge in [0, 0.05) is 6.54 Å². The molecule has 1 N–H and O–H groups in total. The topological polar surface area (TPSA) is 74.7 Å². The number of hydrogen-bond donors (Lipinski definition) is 1. The van der Waals surface area contributed by atoms with Gasteiger partial charge in [-0.2, -0.15) is 0 Å². The molecule has 0 saturated carbocycles. The number of sulfone groups is 1. The van der Waals surface area contributed by atoms with Crippen LogP contribution in [0.3, 0.4) is 0 Å². The fourth-order valence-electron chi connectivity index (χ4n) is 2.93. The van der Waals surface area contributed by atoms with E-state index in [1.807, 2.05) is 17.0 Å². The fraction of sp³-hybridized carbons (Fsp3) is 0.611. The summed E-state index contributed by atoms with van der Waals surface area (Å²) in [5, 5.41) is 9.00. The molecule has 0 amide bonds. The average molecular weight is 353 g/mol. The maximum absolute atomic E-state index is 12.5. The smallest absolute Gasteiger partial charge is 0.306 e. The number of carboxylic acid groups (broad SMARTS) is 1. The van der Waals surface area contributed by atoms with E-state index in [-0.39, 0.29) is 17.1 Å². The number of likely N-dealkylation sites (tertiary alicyclic amines) is 1. The highest BCUT2D eigenvalue weighted by Gasteiger charge is 2.25. The quantitative estimate of drug-likeness (QED) is 0.880. The Morgan fingerprint density at radius 2 is 1.71 bits per heavy atom. The van der Waals surface area contributed by atoms with Gasteiger partial charge in [-0.1, -0.05) is 32.9 Å². The highest BCUT2D eigenvalue weighted by Crippen LogP contribution is 2.24. The summed E-state index contributed by atoms with van der Waals surface area (Å²) in [4.78, 5) is 13.3. The van der Waals surface area contributed by atoms with Crippen LogP contribution in [0.25, 0.3) is 0 Å². The third kappa shape index (κ3) is 4.80. The number of carbonyl (C=O) groups is 1. The molecule has 1 saturated heterocycles. The van der Waals surface area contributed by atoms with Crippen LogP contribution in [-0.4, -0.2) is 49.8 Å². The number of rotatable bonds is 5. The first-order valence-corrected chi connectivity index (χ1v) is 10.0. The number of hydrogen-bond acceptors (Lipinski definition) is 4. The van der Waals surface area contributed by atoms with Crippen LogP contribution in [0, 0.1) is 5.92 Å². The van der Waals surface area contributed by atoms with Gasteiger partial charge in [-0.3, -0.25) is 4.79 Å². The van der Waals surface area contributed by atoms with Crippen LogP contribution in [0.2, 0.25) is 0 Å². The molecule has 1 heterocycles. The normalized spacial score (nSPS) is 17.8. The van der Waals surface area contributed by atoms with E-state index in [4.69, 9.17) is 5.11 Å². The predicted molar refractivity (Wildman–Crippen MR) is 94.0 cm³/mol.